The van der Waals surface area contributed by atoms with Gasteiger partial charge in [0, 0.05) is 32.8 Å². The molecule has 0 N–H and O–H groups in total. The van der Waals surface area contributed by atoms with Gasteiger partial charge in [-0.1, -0.05) is 23.7 Å². The summed E-state index contributed by atoms with van der Waals surface area (Å²) in [5.41, 5.74) is 2.66. The number of nitrogens with zero attached hydrogens (tertiary/aromatic N) is 2. The molecule has 0 aliphatic heterocycles. The molecule has 0 radical (unpaired) electrons. The number of hydrogen-bond donors (Lipinski definition) is 0. The lowest BCUT2D eigenvalue weighted by atomic mass is 10.1. The van der Waals surface area contributed by atoms with Gasteiger partial charge in [0.15, 0.2) is 4.96 Å². The van der Waals surface area contributed by atoms with Gasteiger partial charge in [0.1, 0.15) is 6.61 Å². The van der Waals surface area contributed by atoms with Crippen LogP contribution in [-0.2, 0) is 17.1 Å². The van der Waals surface area contributed by atoms with Crippen molar-refractivity contribution in [2.45, 2.75) is 24.2 Å². The molecule has 5 nitrogen and oxygen atoms in total. The van der Waals surface area contributed by atoms with E-state index in [0.29, 0.717) is 21.2 Å². The van der Waals surface area contributed by atoms with Crippen molar-refractivity contribution in [3.8, 4) is 0 Å². The van der Waals surface area contributed by atoms with Crippen molar-refractivity contribution >= 4 is 45.6 Å². The Morgan fingerprint density at radius 2 is 1.90 bits per heavy atom. The van der Waals surface area contributed by atoms with Gasteiger partial charge in [-0.15, -0.1) is 23.1 Å². The highest BCUT2D eigenvalue weighted by Gasteiger charge is 2.11. The largest absolute Gasteiger partial charge is 0.456 e. The molecule has 0 saturated heterocycles. The molecule has 0 aliphatic carbocycles. The zero-order valence-electron chi connectivity index (χ0n) is 16.0. The monoisotopic (exact) mass is 456 g/mol. The van der Waals surface area contributed by atoms with Gasteiger partial charge >= 0.3 is 5.97 Å². The van der Waals surface area contributed by atoms with Crippen LogP contribution in [0.15, 0.2) is 69.7 Å². The van der Waals surface area contributed by atoms with E-state index in [-0.39, 0.29) is 12.2 Å². The van der Waals surface area contributed by atoms with Gasteiger partial charge in [-0.3, -0.25) is 9.20 Å². The number of thioether (sulfide) groups is 1. The van der Waals surface area contributed by atoms with Crippen molar-refractivity contribution < 1.29 is 9.53 Å². The zero-order chi connectivity index (χ0) is 21.1. The summed E-state index contributed by atoms with van der Waals surface area (Å²) in [5, 5.41) is 2.58. The molecule has 0 bridgehead atoms. The summed E-state index contributed by atoms with van der Waals surface area (Å²) >= 11 is 8.98. The molecule has 0 spiro atoms. The van der Waals surface area contributed by atoms with Crippen LogP contribution in [0.5, 0.6) is 0 Å². The van der Waals surface area contributed by atoms with Crippen LogP contribution in [0.2, 0.25) is 5.02 Å². The first kappa shape index (κ1) is 20.7. The van der Waals surface area contributed by atoms with Crippen LogP contribution in [0.4, 0.5) is 0 Å². The minimum absolute atomic E-state index is 0.0459. The number of halogens is 1. The molecular formula is C22H17ClN2O3S2. The van der Waals surface area contributed by atoms with Gasteiger partial charge in [-0.2, -0.15) is 0 Å². The van der Waals surface area contributed by atoms with Crippen LogP contribution in [-0.4, -0.2) is 15.4 Å². The van der Waals surface area contributed by atoms with E-state index in [1.54, 1.807) is 23.9 Å². The number of aromatic nitrogens is 2. The Labute approximate surface area is 186 Å². The second kappa shape index (κ2) is 9.04. The van der Waals surface area contributed by atoms with Crippen molar-refractivity contribution in [2.75, 3.05) is 0 Å². The van der Waals surface area contributed by atoms with Gasteiger partial charge in [0.05, 0.1) is 11.3 Å². The van der Waals surface area contributed by atoms with Crippen LogP contribution in [0.25, 0.3) is 4.96 Å². The van der Waals surface area contributed by atoms with Crippen LogP contribution in [0.3, 0.4) is 0 Å². The first-order chi connectivity index (χ1) is 14.5. The second-order valence-corrected chi connectivity index (χ2v) is 8.92. The van der Waals surface area contributed by atoms with Crippen molar-refractivity contribution in [2.24, 2.45) is 0 Å². The van der Waals surface area contributed by atoms with Crippen molar-refractivity contribution in [1.82, 2.24) is 9.38 Å². The fraction of sp³-hybridized carbons (Fsp3) is 0.136. The Bertz CT molecular complexity index is 1250. The molecule has 2 aromatic carbocycles. The third-order valence-corrected chi connectivity index (χ3v) is 6.67. The normalized spacial score (nSPS) is 11.0. The molecule has 0 saturated carbocycles. The van der Waals surface area contributed by atoms with Crippen LogP contribution >= 0.6 is 34.7 Å². The standard InChI is InChI=1S/C22H17ClN2O3S2/c1-14-12-30-22-24-18(10-20(26)25(14)22)11-28-21(27)16-4-2-15(3-5-16)13-29-19-8-6-17(23)7-9-19/h2-10,12H,11,13H2,1H3. The van der Waals surface area contributed by atoms with Crippen molar-refractivity contribution in [3.63, 3.8) is 0 Å². The van der Waals surface area contributed by atoms with E-state index in [1.165, 1.54) is 21.8 Å². The number of carbonyl (C=O) groups excluding carboxylic acids is 1. The van der Waals surface area contributed by atoms with E-state index in [0.717, 1.165) is 21.9 Å². The van der Waals surface area contributed by atoms with Crippen molar-refractivity contribution in [3.05, 3.63) is 97.9 Å². The topological polar surface area (TPSA) is 60.7 Å². The quantitative estimate of drug-likeness (QED) is 0.288. The second-order valence-electron chi connectivity index (χ2n) is 6.60. The molecule has 2 heterocycles. The molecule has 0 amide bonds. The summed E-state index contributed by atoms with van der Waals surface area (Å²) in [7, 11) is 0. The van der Waals surface area contributed by atoms with Gasteiger partial charge in [-0.05, 0) is 48.9 Å². The fourth-order valence-corrected chi connectivity index (χ4v) is 4.70. The van der Waals surface area contributed by atoms with E-state index in [9.17, 15) is 9.59 Å². The lowest BCUT2D eigenvalue weighted by Gasteiger charge is -2.06. The number of hydrogen-bond acceptors (Lipinski definition) is 6. The maximum atomic E-state index is 12.3. The Balaban J connectivity index is 1.35. The molecule has 0 aliphatic rings. The van der Waals surface area contributed by atoms with Gasteiger partial charge < -0.3 is 4.74 Å². The van der Waals surface area contributed by atoms with E-state index in [4.69, 9.17) is 16.3 Å². The lowest BCUT2D eigenvalue weighted by molar-refractivity contribution is 0.0468. The predicted molar refractivity (Wildman–Crippen MR) is 121 cm³/mol. The first-order valence-corrected chi connectivity index (χ1v) is 11.3. The van der Waals surface area contributed by atoms with Gasteiger partial charge in [-0.25, -0.2) is 9.78 Å². The smallest absolute Gasteiger partial charge is 0.338 e. The highest BCUT2D eigenvalue weighted by atomic mass is 35.5. The number of thiazole rings is 1. The van der Waals surface area contributed by atoms with Gasteiger partial charge in [0.2, 0.25) is 0 Å². The number of esters is 1. The Kier molecular flexibility index (Phi) is 6.22. The minimum atomic E-state index is -0.448. The van der Waals surface area contributed by atoms with Crippen LogP contribution in [0, 0.1) is 6.92 Å². The molecule has 8 heteroatoms. The molecule has 30 heavy (non-hydrogen) atoms. The molecule has 152 valence electrons. The Morgan fingerprint density at radius 1 is 1.17 bits per heavy atom. The molecule has 2 aromatic heterocycles. The summed E-state index contributed by atoms with van der Waals surface area (Å²) in [4.78, 5) is 30.6. The number of aryl methyl sites for hydroxylation is 1. The number of ether oxygens (including phenoxy) is 1. The van der Waals surface area contributed by atoms with E-state index in [2.05, 4.69) is 4.98 Å². The Hall–Kier alpha value is -2.61. The minimum Gasteiger partial charge on any atom is -0.456 e. The maximum Gasteiger partial charge on any atom is 0.338 e. The van der Waals surface area contributed by atoms with E-state index < -0.39 is 5.97 Å². The lowest BCUT2D eigenvalue weighted by Crippen LogP contribution is -2.16. The molecule has 0 unspecified atom stereocenters. The number of benzene rings is 2. The molecule has 0 fully saturated rings. The molecule has 4 aromatic rings. The van der Waals surface area contributed by atoms with Crippen LogP contribution in [0.1, 0.15) is 27.3 Å². The summed E-state index contributed by atoms with van der Waals surface area (Å²) in [6, 6.07) is 16.4. The SMILES string of the molecule is Cc1csc2nc(COC(=O)c3ccc(CSc4ccc(Cl)cc4)cc3)cc(=O)n12. The van der Waals surface area contributed by atoms with Crippen LogP contribution < -0.4 is 5.56 Å². The average molecular weight is 457 g/mol. The predicted octanol–water partition coefficient (Wildman–Crippen LogP) is 5.37. The maximum absolute atomic E-state index is 12.3. The summed E-state index contributed by atoms with van der Waals surface area (Å²) < 4.78 is 6.88. The van der Waals surface area contributed by atoms with Crippen molar-refractivity contribution in [1.29, 1.82) is 0 Å². The third-order valence-electron chi connectivity index (χ3n) is 4.39. The van der Waals surface area contributed by atoms with E-state index >= 15 is 0 Å². The number of fused-ring (bicyclic) bond motifs is 1. The summed E-state index contributed by atoms with van der Waals surface area (Å²) in [6.45, 7) is 1.81. The zero-order valence-corrected chi connectivity index (χ0v) is 18.4. The Morgan fingerprint density at radius 3 is 2.63 bits per heavy atom. The fourth-order valence-electron chi connectivity index (χ4n) is 2.83. The summed E-state index contributed by atoms with van der Waals surface area (Å²) in [5.74, 6) is 0.335. The summed E-state index contributed by atoms with van der Waals surface area (Å²) in [6.07, 6.45) is 0. The van der Waals surface area contributed by atoms with Gasteiger partial charge in [0.25, 0.3) is 5.56 Å². The number of carbonyl (C=O) groups is 1. The third kappa shape index (κ3) is 4.75. The molecular weight excluding hydrogens is 440 g/mol. The first-order valence-electron chi connectivity index (χ1n) is 9.11. The molecule has 4 rings (SSSR count). The van der Waals surface area contributed by atoms with E-state index in [1.807, 2.05) is 48.7 Å². The highest BCUT2D eigenvalue weighted by molar-refractivity contribution is 7.98. The molecule has 0 atom stereocenters. The number of rotatable bonds is 6. The highest BCUT2D eigenvalue weighted by Crippen LogP contribution is 2.24. The average Bonchev–Trinajstić information content (AvgIpc) is 3.13.